The quantitative estimate of drug-likeness (QED) is 0.866. The Bertz CT molecular complexity index is 455. The Balaban J connectivity index is 0.00000242. The van der Waals surface area contributed by atoms with Crippen LogP contribution in [0.5, 0.6) is 11.5 Å². The summed E-state index contributed by atoms with van der Waals surface area (Å²) in [5, 5.41) is 3.30. The van der Waals surface area contributed by atoms with Crippen molar-refractivity contribution in [1.82, 2.24) is 10.2 Å². The second-order valence-corrected chi connectivity index (χ2v) is 5.20. The number of methoxy groups -OCH3 is 1. The van der Waals surface area contributed by atoms with E-state index in [2.05, 4.69) is 15.0 Å². The fourth-order valence-electron chi connectivity index (χ4n) is 2.64. The Morgan fingerprint density at radius 1 is 1.27 bits per heavy atom. The molecule has 4 nitrogen and oxygen atoms in total. The molecule has 0 aliphatic carbocycles. The standard InChI is InChI=1S/C15H22F2N2O2.ClH/c1-18-12-5-7-19(8-6-12)10-11-3-4-13(21-15(16)17)14(9-11)20-2;/h3-4,9,12,15,18H,5-8,10H2,1-2H3;1H. The van der Waals surface area contributed by atoms with E-state index in [1.807, 2.05) is 13.1 Å². The molecule has 0 spiro atoms. The van der Waals surface area contributed by atoms with Crippen LogP contribution in [-0.4, -0.2) is 44.8 Å². The largest absolute Gasteiger partial charge is 0.493 e. The van der Waals surface area contributed by atoms with Crippen LogP contribution in [0.2, 0.25) is 0 Å². The topological polar surface area (TPSA) is 33.7 Å². The molecule has 1 fully saturated rings. The van der Waals surface area contributed by atoms with Gasteiger partial charge < -0.3 is 14.8 Å². The van der Waals surface area contributed by atoms with Crippen LogP contribution in [0.4, 0.5) is 8.78 Å². The number of hydrogen-bond acceptors (Lipinski definition) is 4. The van der Waals surface area contributed by atoms with Crippen molar-refractivity contribution in [2.75, 3.05) is 27.2 Å². The third kappa shape index (κ3) is 5.26. The predicted molar refractivity (Wildman–Crippen MR) is 84.2 cm³/mol. The number of piperidine rings is 1. The molecular weight excluding hydrogens is 314 g/mol. The van der Waals surface area contributed by atoms with Crippen molar-refractivity contribution >= 4 is 12.4 Å². The number of hydrogen-bond donors (Lipinski definition) is 1. The molecule has 0 atom stereocenters. The van der Waals surface area contributed by atoms with Gasteiger partial charge in [0.2, 0.25) is 0 Å². The van der Waals surface area contributed by atoms with Gasteiger partial charge in [-0.05, 0) is 50.7 Å². The molecule has 1 aromatic rings. The number of halogens is 3. The second-order valence-electron chi connectivity index (χ2n) is 5.20. The molecule has 1 aliphatic heterocycles. The Morgan fingerprint density at radius 3 is 2.50 bits per heavy atom. The highest BCUT2D eigenvalue weighted by Gasteiger charge is 2.18. The third-order valence-corrected chi connectivity index (χ3v) is 3.85. The highest BCUT2D eigenvalue weighted by atomic mass is 35.5. The van der Waals surface area contributed by atoms with Crippen LogP contribution < -0.4 is 14.8 Å². The minimum absolute atomic E-state index is 0. The molecule has 0 saturated carbocycles. The average molecular weight is 337 g/mol. The lowest BCUT2D eigenvalue weighted by molar-refractivity contribution is -0.0512. The molecule has 1 N–H and O–H groups in total. The van der Waals surface area contributed by atoms with Crippen molar-refractivity contribution in [2.45, 2.75) is 32.0 Å². The normalized spacial score (nSPS) is 16.4. The summed E-state index contributed by atoms with van der Waals surface area (Å²) in [7, 11) is 3.45. The Morgan fingerprint density at radius 2 is 1.95 bits per heavy atom. The lowest BCUT2D eigenvalue weighted by Gasteiger charge is -2.31. The maximum absolute atomic E-state index is 12.3. The molecule has 1 heterocycles. The number of nitrogens with zero attached hydrogens (tertiary/aromatic N) is 1. The molecule has 0 aromatic heterocycles. The SMILES string of the molecule is CNC1CCN(Cc2ccc(OC(F)F)c(OC)c2)CC1.Cl. The first kappa shape index (κ1) is 18.9. The van der Waals surface area contributed by atoms with Crippen LogP contribution in [0.15, 0.2) is 18.2 Å². The zero-order chi connectivity index (χ0) is 15.2. The van der Waals surface area contributed by atoms with E-state index in [-0.39, 0.29) is 18.2 Å². The molecule has 1 saturated heterocycles. The minimum atomic E-state index is -2.84. The summed E-state index contributed by atoms with van der Waals surface area (Å²) in [6.45, 7) is 0.0128. The van der Waals surface area contributed by atoms with Crippen LogP contribution in [0.3, 0.4) is 0 Å². The van der Waals surface area contributed by atoms with E-state index in [0.29, 0.717) is 11.8 Å². The van der Waals surface area contributed by atoms with Crippen LogP contribution >= 0.6 is 12.4 Å². The van der Waals surface area contributed by atoms with Crippen LogP contribution in [-0.2, 0) is 6.54 Å². The van der Waals surface area contributed by atoms with Crippen molar-refractivity contribution in [3.8, 4) is 11.5 Å². The maximum atomic E-state index is 12.3. The zero-order valence-electron chi connectivity index (χ0n) is 12.9. The number of alkyl halides is 2. The number of ether oxygens (including phenoxy) is 2. The van der Waals surface area contributed by atoms with E-state index in [1.54, 1.807) is 12.1 Å². The van der Waals surface area contributed by atoms with Gasteiger partial charge in [0.1, 0.15) is 0 Å². The smallest absolute Gasteiger partial charge is 0.387 e. The molecule has 0 radical (unpaired) electrons. The minimum Gasteiger partial charge on any atom is -0.493 e. The van der Waals surface area contributed by atoms with Crippen molar-refractivity contribution < 1.29 is 18.3 Å². The maximum Gasteiger partial charge on any atom is 0.387 e. The number of nitrogens with one attached hydrogen (secondary N) is 1. The molecule has 0 amide bonds. The molecule has 0 bridgehead atoms. The Kier molecular flexibility index (Phi) is 7.85. The molecular formula is C15H23ClF2N2O2. The monoisotopic (exact) mass is 336 g/mol. The molecule has 2 rings (SSSR count). The average Bonchev–Trinajstić information content (AvgIpc) is 2.49. The second kappa shape index (κ2) is 9.12. The van der Waals surface area contributed by atoms with Crippen molar-refractivity contribution in [3.63, 3.8) is 0 Å². The van der Waals surface area contributed by atoms with Crippen molar-refractivity contribution in [3.05, 3.63) is 23.8 Å². The predicted octanol–water partition coefficient (Wildman–Crippen LogP) is 2.90. The van der Waals surface area contributed by atoms with Crippen molar-refractivity contribution in [1.29, 1.82) is 0 Å². The number of rotatable bonds is 6. The van der Waals surface area contributed by atoms with Crippen LogP contribution in [0.25, 0.3) is 0 Å². The molecule has 0 unspecified atom stereocenters. The number of benzene rings is 1. The molecule has 126 valence electrons. The van der Waals surface area contributed by atoms with Gasteiger partial charge >= 0.3 is 6.61 Å². The summed E-state index contributed by atoms with van der Waals surface area (Å²) in [6, 6.07) is 5.71. The highest BCUT2D eigenvalue weighted by Crippen LogP contribution is 2.30. The van der Waals surface area contributed by atoms with Gasteiger partial charge in [-0.25, -0.2) is 0 Å². The summed E-state index contributed by atoms with van der Waals surface area (Å²) < 4.78 is 34.1. The van der Waals surface area contributed by atoms with Gasteiger partial charge in [0.05, 0.1) is 7.11 Å². The van der Waals surface area contributed by atoms with Gasteiger partial charge in [0, 0.05) is 12.6 Å². The van der Waals surface area contributed by atoms with Crippen LogP contribution in [0.1, 0.15) is 18.4 Å². The van der Waals surface area contributed by atoms with E-state index in [1.165, 1.54) is 7.11 Å². The summed E-state index contributed by atoms with van der Waals surface area (Å²) in [5.74, 6) is 0.419. The van der Waals surface area contributed by atoms with Gasteiger partial charge in [-0.15, -0.1) is 12.4 Å². The lowest BCUT2D eigenvalue weighted by atomic mass is 10.0. The first-order chi connectivity index (χ1) is 10.1. The van der Waals surface area contributed by atoms with E-state index in [0.717, 1.165) is 38.0 Å². The van der Waals surface area contributed by atoms with Crippen LogP contribution in [0, 0.1) is 0 Å². The van der Waals surface area contributed by atoms with E-state index in [4.69, 9.17) is 4.74 Å². The van der Waals surface area contributed by atoms with Gasteiger partial charge in [-0.2, -0.15) is 8.78 Å². The van der Waals surface area contributed by atoms with Gasteiger partial charge in [0.25, 0.3) is 0 Å². The summed E-state index contributed by atoms with van der Waals surface area (Å²) >= 11 is 0. The first-order valence-electron chi connectivity index (χ1n) is 7.13. The zero-order valence-corrected chi connectivity index (χ0v) is 13.7. The fourth-order valence-corrected chi connectivity index (χ4v) is 2.64. The van der Waals surface area contributed by atoms with Crippen molar-refractivity contribution in [2.24, 2.45) is 0 Å². The third-order valence-electron chi connectivity index (χ3n) is 3.85. The summed E-state index contributed by atoms with van der Waals surface area (Å²) in [6.07, 6.45) is 2.25. The Labute approximate surface area is 136 Å². The highest BCUT2D eigenvalue weighted by molar-refractivity contribution is 5.85. The van der Waals surface area contributed by atoms with Gasteiger partial charge in [0.15, 0.2) is 11.5 Å². The lowest BCUT2D eigenvalue weighted by Crippen LogP contribution is -2.40. The number of likely N-dealkylation sites (tertiary alicyclic amines) is 1. The fraction of sp³-hybridized carbons (Fsp3) is 0.600. The molecule has 1 aromatic carbocycles. The molecule has 22 heavy (non-hydrogen) atoms. The van der Waals surface area contributed by atoms with E-state index >= 15 is 0 Å². The van der Waals surface area contributed by atoms with E-state index < -0.39 is 6.61 Å². The summed E-state index contributed by atoms with van der Waals surface area (Å²) in [5.41, 5.74) is 1.04. The first-order valence-corrected chi connectivity index (χ1v) is 7.13. The summed E-state index contributed by atoms with van der Waals surface area (Å²) in [4.78, 5) is 2.36. The van der Waals surface area contributed by atoms with Gasteiger partial charge in [-0.1, -0.05) is 6.07 Å². The molecule has 1 aliphatic rings. The van der Waals surface area contributed by atoms with E-state index in [9.17, 15) is 8.78 Å². The van der Waals surface area contributed by atoms with Gasteiger partial charge in [-0.3, -0.25) is 4.90 Å². The molecule has 7 heteroatoms. The Hall–Kier alpha value is -1.11.